The van der Waals surface area contributed by atoms with Gasteiger partial charge in [-0.25, -0.2) is 4.79 Å². The van der Waals surface area contributed by atoms with Gasteiger partial charge in [0.05, 0.1) is 17.3 Å². The molecular weight excluding hydrogens is 308 g/mol. The molecule has 0 aliphatic heterocycles. The van der Waals surface area contributed by atoms with Crippen LogP contribution in [0.2, 0.25) is 0 Å². The molecular formula is C14H13BrN2O2. The third-order valence-corrected chi connectivity index (χ3v) is 3.38. The van der Waals surface area contributed by atoms with Gasteiger partial charge in [-0.2, -0.15) is 0 Å². The smallest absolute Gasteiger partial charge is 0.335 e. The summed E-state index contributed by atoms with van der Waals surface area (Å²) < 4.78 is 0.718. The maximum atomic E-state index is 10.9. The van der Waals surface area contributed by atoms with Crippen molar-refractivity contribution in [3.8, 4) is 0 Å². The Morgan fingerprint density at radius 3 is 2.74 bits per heavy atom. The fraction of sp³-hybridized carbons (Fsp3) is 0.143. The summed E-state index contributed by atoms with van der Waals surface area (Å²) in [6.45, 7) is 2.00. The summed E-state index contributed by atoms with van der Waals surface area (Å²) in [6.07, 6.45) is 1.75. The zero-order valence-electron chi connectivity index (χ0n) is 10.3. The first-order valence-electron chi connectivity index (χ1n) is 5.78. The lowest BCUT2D eigenvalue weighted by Gasteiger charge is -2.16. The number of nitrogens with zero attached hydrogens (tertiary/aromatic N) is 1. The van der Waals surface area contributed by atoms with Gasteiger partial charge >= 0.3 is 5.97 Å². The minimum Gasteiger partial charge on any atom is -0.478 e. The first-order valence-corrected chi connectivity index (χ1v) is 6.57. The van der Waals surface area contributed by atoms with Crippen molar-refractivity contribution in [3.05, 3.63) is 58.3 Å². The van der Waals surface area contributed by atoms with Crippen LogP contribution in [0.3, 0.4) is 0 Å². The summed E-state index contributed by atoms with van der Waals surface area (Å²) in [5.74, 6) is -0.940. The van der Waals surface area contributed by atoms with Crippen LogP contribution in [0, 0.1) is 0 Å². The van der Waals surface area contributed by atoms with Crippen molar-refractivity contribution in [2.45, 2.75) is 13.0 Å². The van der Waals surface area contributed by atoms with E-state index in [1.807, 2.05) is 25.1 Å². The molecule has 19 heavy (non-hydrogen) atoms. The number of aromatic carboxylic acids is 1. The topological polar surface area (TPSA) is 62.2 Å². The number of carboxylic acids is 1. The molecule has 2 N–H and O–H groups in total. The molecule has 0 saturated heterocycles. The van der Waals surface area contributed by atoms with Crippen LogP contribution in [0.1, 0.15) is 29.0 Å². The third kappa shape index (κ3) is 3.32. The molecule has 1 atom stereocenters. The van der Waals surface area contributed by atoms with Gasteiger partial charge in [-0.3, -0.25) is 4.98 Å². The quantitative estimate of drug-likeness (QED) is 0.901. The summed E-state index contributed by atoms with van der Waals surface area (Å²) in [5, 5.41) is 12.2. The van der Waals surface area contributed by atoms with Crippen LogP contribution in [-0.4, -0.2) is 16.1 Å². The van der Waals surface area contributed by atoms with E-state index in [1.165, 1.54) is 0 Å². The van der Waals surface area contributed by atoms with Crippen molar-refractivity contribution in [1.82, 2.24) is 4.98 Å². The third-order valence-electron chi connectivity index (χ3n) is 2.72. The molecule has 5 heteroatoms. The number of benzene rings is 1. The number of nitrogens with one attached hydrogen (secondary N) is 1. The molecule has 1 heterocycles. The van der Waals surface area contributed by atoms with E-state index in [0.717, 1.165) is 15.9 Å². The molecule has 1 unspecified atom stereocenters. The number of anilines is 1. The van der Waals surface area contributed by atoms with Gasteiger partial charge in [-0.05, 0) is 53.2 Å². The minimum absolute atomic E-state index is 0.0354. The van der Waals surface area contributed by atoms with E-state index >= 15 is 0 Å². The number of hydrogen-bond acceptors (Lipinski definition) is 3. The van der Waals surface area contributed by atoms with Crippen LogP contribution in [0.25, 0.3) is 0 Å². The largest absolute Gasteiger partial charge is 0.478 e. The van der Waals surface area contributed by atoms with Crippen LogP contribution >= 0.6 is 15.9 Å². The molecule has 4 nitrogen and oxygen atoms in total. The molecule has 0 bridgehead atoms. The van der Waals surface area contributed by atoms with Crippen LogP contribution in [0.4, 0.5) is 5.69 Å². The predicted octanol–water partition coefficient (Wildman–Crippen LogP) is 3.72. The van der Waals surface area contributed by atoms with Gasteiger partial charge in [-0.15, -0.1) is 0 Å². The number of carbonyl (C=O) groups is 1. The molecule has 0 aliphatic rings. The van der Waals surface area contributed by atoms with Crippen molar-refractivity contribution in [1.29, 1.82) is 0 Å². The molecule has 1 aromatic carbocycles. The standard InChI is InChI=1S/C14H13BrN2O2/c1-9(12-4-2-3-7-16-12)17-13-6-5-10(14(18)19)8-11(13)15/h2-9,17H,1H3,(H,18,19). The zero-order chi connectivity index (χ0) is 13.8. The van der Waals surface area contributed by atoms with Crippen molar-refractivity contribution in [3.63, 3.8) is 0 Å². The molecule has 98 valence electrons. The molecule has 2 aromatic rings. The van der Waals surface area contributed by atoms with Crippen LogP contribution < -0.4 is 5.32 Å². The van der Waals surface area contributed by atoms with Crippen molar-refractivity contribution in [2.24, 2.45) is 0 Å². The summed E-state index contributed by atoms with van der Waals surface area (Å²) in [5.41, 5.74) is 2.02. The summed E-state index contributed by atoms with van der Waals surface area (Å²) in [6, 6.07) is 10.7. The Morgan fingerprint density at radius 1 is 1.37 bits per heavy atom. The van der Waals surface area contributed by atoms with E-state index in [0.29, 0.717) is 0 Å². The van der Waals surface area contributed by atoms with Gasteiger partial charge in [0, 0.05) is 16.4 Å². The van der Waals surface area contributed by atoms with Gasteiger partial charge in [0.2, 0.25) is 0 Å². The highest BCUT2D eigenvalue weighted by Gasteiger charge is 2.10. The molecule has 0 saturated carbocycles. The Morgan fingerprint density at radius 2 is 2.16 bits per heavy atom. The molecule has 2 rings (SSSR count). The Bertz CT molecular complexity index is 587. The highest BCUT2D eigenvalue weighted by Crippen LogP contribution is 2.27. The summed E-state index contributed by atoms with van der Waals surface area (Å²) in [4.78, 5) is 15.1. The Hall–Kier alpha value is -1.88. The lowest BCUT2D eigenvalue weighted by molar-refractivity contribution is 0.0697. The summed E-state index contributed by atoms with van der Waals surface area (Å²) >= 11 is 3.37. The van der Waals surface area contributed by atoms with Gasteiger partial charge < -0.3 is 10.4 Å². The Balaban J connectivity index is 2.18. The second kappa shape index (κ2) is 5.84. The number of carboxylic acid groups (broad SMARTS) is 1. The molecule has 0 radical (unpaired) electrons. The lowest BCUT2D eigenvalue weighted by Crippen LogP contribution is -2.09. The molecule has 0 aliphatic carbocycles. The maximum Gasteiger partial charge on any atom is 0.335 e. The van der Waals surface area contributed by atoms with Crippen molar-refractivity contribution >= 4 is 27.6 Å². The first kappa shape index (κ1) is 13.5. The lowest BCUT2D eigenvalue weighted by atomic mass is 10.1. The van der Waals surface area contributed by atoms with Gasteiger partial charge in [0.1, 0.15) is 0 Å². The number of halogens is 1. The molecule has 1 aromatic heterocycles. The second-order valence-electron chi connectivity index (χ2n) is 4.12. The number of pyridine rings is 1. The minimum atomic E-state index is -0.940. The highest BCUT2D eigenvalue weighted by atomic mass is 79.9. The highest BCUT2D eigenvalue weighted by molar-refractivity contribution is 9.10. The average molecular weight is 321 g/mol. The van der Waals surface area contributed by atoms with E-state index in [9.17, 15) is 4.79 Å². The zero-order valence-corrected chi connectivity index (χ0v) is 11.9. The fourth-order valence-electron chi connectivity index (χ4n) is 1.70. The van der Waals surface area contributed by atoms with Gasteiger partial charge in [0.15, 0.2) is 0 Å². The predicted molar refractivity (Wildman–Crippen MR) is 77.4 cm³/mol. The molecule has 0 amide bonds. The van der Waals surface area contributed by atoms with E-state index in [2.05, 4.69) is 26.2 Å². The molecule has 0 spiro atoms. The Labute approximate surface area is 119 Å². The summed E-state index contributed by atoms with van der Waals surface area (Å²) in [7, 11) is 0. The van der Waals surface area contributed by atoms with Crippen molar-refractivity contribution in [2.75, 3.05) is 5.32 Å². The Kier molecular flexibility index (Phi) is 4.16. The second-order valence-corrected chi connectivity index (χ2v) is 4.97. The van der Waals surface area contributed by atoms with Crippen LogP contribution in [0.15, 0.2) is 47.1 Å². The van der Waals surface area contributed by atoms with E-state index in [-0.39, 0.29) is 11.6 Å². The average Bonchev–Trinajstić information content (AvgIpc) is 2.41. The van der Waals surface area contributed by atoms with E-state index in [4.69, 9.17) is 5.11 Å². The SMILES string of the molecule is CC(Nc1ccc(C(=O)O)cc1Br)c1ccccn1. The normalized spacial score (nSPS) is 11.9. The number of hydrogen-bond donors (Lipinski definition) is 2. The first-order chi connectivity index (χ1) is 9.08. The number of aromatic nitrogens is 1. The molecule has 0 fully saturated rings. The van der Waals surface area contributed by atoms with Crippen LogP contribution in [-0.2, 0) is 0 Å². The van der Waals surface area contributed by atoms with E-state index in [1.54, 1.807) is 24.4 Å². The number of rotatable bonds is 4. The van der Waals surface area contributed by atoms with Crippen molar-refractivity contribution < 1.29 is 9.90 Å². The van der Waals surface area contributed by atoms with E-state index < -0.39 is 5.97 Å². The maximum absolute atomic E-state index is 10.9. The van der Waals surface area contributed by atoms with Crippen LogP contribution in [0.5, 0.6) is 0 Å². The van der Waals surface area contributed by atoms with Gasteiger partial charge in [-0.1, -0.05) is 6.07 Å². The monoisotopic (exact) mass is 320 g/mol. The fourth-order valence-corrected chi connectivity index (χ4v) is 2.20. The van der Waals surface area contributed by atoms with Gasteiger partial charge in [0.25, 0.3) is 0 Å².